The molecule has 2 aromatic rings. The summed E-state index contributed by atoms with van der Waals surface area (Å²) in [7, 11) is 1.37. The van der Waals surface area contributed by atoms with E-state index in [2.05, 4.69) is 5.32 Å². The number of hydrogen-bond acceptors (Lipinski definition) is 7. The summed E-state index contributed by atoms with van der Waals surface area (Å²) < 4.78 is 10.6. The summed E-state index contributed by atoms with van der Waals surface area (Å²) >= 11 is 0. The van der Waals surface area contributed by atoms with E-state index < -0.39 is 16.8 Å². The monoisotopic (exact) mass is 437 g/mol. The number of esters is 1. The Morgan fingerprint density at radius 3 is 2.59 bits per heavy atom. The first-order chi connectivity index (χ1) is 15.3. The van der Waals surface area contributed by atoms with Crippen molar-refractivity contribution in [1.29, 1.82) is 5.26 Å². The molecule has 1 N–H and O–H groups in total. The molecule has 2 rings (SSSR count). The molecule has 166 valence electrons. The van der Waals surface area contributed by atoms with Gasteiger partial charge in [0.25, 0.3) is 11.6 Å². The largest absolute Gasteiger partial charge is 0.493 e. The molecule has 0 aliphatic carbocycles. The molecule has 0 aliphatic rings. The number of nitrogens with one attached hydrogen (secondary N) is 1. The first-order valence-electron chi connectivity index (χ1n) is 9.86. The highest BCUT2D eigenvalue weighted by atomic mass is 16.6. The summed E-state index contributed by atoms with van der Waals surface area (Å²) in [6, 6.07) is 10.4. The molecule has 0 spiro atoms. The van der Waals surface area contributed by atoms with Crippen LogP contribution in [0.2, 0.25) is 0 Å². The lowest BCUT2D eigenvalue weighted by molar-refractivity contribution is -0.385. The fraction of sp³-hybridized carbons (Fsp3) is 0.261. The van der Waals surface area contributed by atoms with Gasteiger partial charge < -0.3 is 14.8 Å². The van der Waals surface area contributed by atoms with Crippen LogP contribution in [0.3, 0.4) is 0 Å². The molecule has 0 fully saturated rings. The number of rotatable bonds is 9. The van der Waals surface area contributed by atoms with Crippen molar-refractivity contribution in [2.24, 2.45) is 0 Å². The number of nitro groups is 1. The summed E-state index contributed by atoms with van der Waals surface area (Å²) in [5, 5.41) is 23.1. The number of methoxy groups -OCH3 is 1. The lowest BCUT2D eigenvalue weighted by Crippen LogP contribution is -2.25. The second-order valence-corrected chi connectivity index (χ2v) is 6.84. The molecule has 2 aromatic carbocycles. The molecule has 0 aromatic heterocycles. The predicted octanol–water partition coefficient (Wildman–Crippen LogP) is 3.95. The Hall–Kier alpha value is -4.19. The molecule has 0 bridgehead atoms. The smallest absolute Gasteiger partial charge is 0.343 e. The maximum atomic E-state index is 12.5. The number of aryl methyl sites for hydroxylation is 1. The minimum absolute atomic E-state index is 0.0174. The fourth-order valence-corrected chi connectivity index (χ4v) is 2.74. The molecule has 1 amide bonds. The number of nitro benzene ring substituents is 1. The van der Waals surface area contributed by atoms with Crippen molar-refractivity contribution in [2.45, 2.75) is 26.7 Å². The van der Waals surface area contributed by atoms with Gasteiger partial charge in [0.05, 0.1) is 17.6 Å². The van der Waals surface area contributed by atoms with Crippen LogP contribution in [-0.2, 0) is 4.79 Å². The number of nitriles is 1. The van der Waals surface area contributed by atoms with Gasteiger partial charge >= 0.3 is 5.97 Å². The van der Waals surface area contributed by atoms with Crippen LogP contribution in [0.5, 0.6) is 11.5 Å². The molecule has 0 unspecified atom stereocenters. The van der Waals surface area contributed by atoms with Crippen LogP contribution in [-0.4, -0.2) is 30.5 Å². The highest BCUT2D eigenvalue weighted by Crippen LogP contribution is 2.30. The highest BCUT2D eigenvalue weighted by molar-refractivity contribution is 6.01. The van der Waals surface area contributed by atoms with Gasteiger partial charge in [-0.3, -0.25) is 14.9 Å². The van der Waals surface area contributed by atoms with Crippen molar-refractivity contribution in [2.75, 3.05) is 13.7 Å². The van der Waals surface area contributed by atoms with E-state index in [1.807, 2.05) is 13.0 Å². The summed E-state index contributed by atoms with van der Waals surface area (Å²) in [5.74, 6) is -0.986. The molecule has 0 heterocycles. The SMILES string of the molecule is CCCCNC(=O)/C(C#N)=C/c1ccc(OC(=O)c2ccc(C)c([N+](=O)[O-])c2)c(OC)c1. The number of benzene rings is 2. The molecule has 0 saturated heterocycles. The number of unbranched alkanes of at least 4 members (excludes halogenated alkanes) is 1. The van der Waals surface area contributed by atoms with Crippen LogP contribution in [0.1, 0.15) is 41.3 Å². The first-order valence-corrected chi connectivity index (χ1v) is 9.86. The summed E-state index contributed by atoms with van der Waals surface area (Å²) in [6.45, 7) is 4.04. The van der Waals surface area contributed by atoms with Gasteiger partial charge in [0, 0.05) is 18.2 Å². The molecule has 0 radical (unpaired) electrons. The van der Waals surface area contributed by atoms with Crippen LogP contribution >= 0.6 is 0 Å². The van der Waals surface area contributed by atoms with E-state index >= 15 is 0 Å². The Morgan fingerprint density at radius 1 is 1.22 bits per heavy atom. The average Bonchev–Trinajstić information content (AvgIpc) is 2.78. The van der Waals surface area contributed by atoms with Crippen molar-refractivity contribution in [3.63, 3.8) is 0 Å². The van der Waals surface area contributed by atoms with E-state index in [1.54, 1.807) is 13.0 Å². The van der Waals surface area contributed by atoms with Crippen LogP contribution in [0, 0.1) is 28.4 Å². The van der Waals surface area contributed by atoms with E-state index in [4.69, 9.17) is 9.47 Å². The Morgan fingerprint density at radius 2 is 1.97 bits per heavy atom. The Kier molecular flexibility index (Phi) is 8.48. The third-order valence-corrected chi connectivity index (χ3v) is 4.52. The van der Waals surface area contributed by atoms with Crippen molar-refractivity contribution < 1.29 is 24.0 Å². The average molecular weight is 437 g/mol. The van der Waals surface area contributed by atoms with Gasteiger partial charge in [-0.25, -0.2) is 4.79 Å². The lowest BCUT2D eigenvalue weighted by Gasteiger charge is -2.10. The Labute approximate surface area is 185 Å². The fourth-order valence-electron chi connectivity index (χ4n) is 2.74. The number of ether oxygens (including phenoxy) is 2. The maximum Gasteiger partial charge on any atom is 0.343 e. The summed E-state index contributed by atoms with van der Waals surface area (Å²) in [4.78, 5) is 35.1. The molecule has 0 atom stereocenters. The predicted molar refractivity (Wildman–Crippen MR) is 117 cm³/mol. The van der Waals surface area contributed by atoms with Crippen molar-refractivity contribution >= 4 is 23.6 Å². The second-order valence-electron chi connectivity index (χ2n) is 6.84. The Balaban J connectivity index is 2.24. The minimum Gasteiger partial charge on any atom is -0.493 e. The van der Waals surface area contributed by atoms with Crippen molar-refractivity contribution in [3.05, 3.63) is 68.8 Å². The zero-order chi connectivity index (χ0) is 23.7. The third-order valence-electron chi connectivity index (χ3n) is 4.52. The molecule has 9 nitrogen and oxygen atoms in total. The second kappa shape index (κ2) is 11.3. The van der Waals surface area contributed by atoms with Gasteiger partial charge in [-0.2, -0.15) is 5.26 Å². The van der Waals surface area contributed by atoms with Gasteiger partial charge in [-0.15, -0.1) is 0 Å². The number of hydrogen-bond donors (Lipinski definition) is 1. The van der Waals surface area contributed by atoms with Gasteiger partial charge in [0.2, 0.25) is 0 Å². The van der Waals surface area contributed by atoms with Crippen molar-refractivity contribution in [1.82, 2.24) is 5.32 Å². The molecule has 32 heavy (non-hydrogen) atoms. The standard InChI is InChI=1S/C23H23N3O6/c1-4-5-10-25-22(27)18(14-24)11-16-7-9-20(21(12-16)31-3)32-23(28)17-8-6-15(2)19(13-17)26(29)30/h6-9,11-13H,4-5,10H2,1-3H3,(H,25,27)/b18-11+. The lowest BCUT2D eigenvalue weighted by atomic mass is 10.1. The van der Waals surface area contributed by atoms with E-state index in [0.717, 1.165) is 18.9 Å². The highest BCUT2D eigenvalue weighted by Gasteiger charge is 2.18. The van der Waals surface area contributed by atoms with E-state index in [1.165, 1.54) is 37.5 Å². The number of nitrogens with zero attached hydrogens (tertiary/aromatic N) is 2. The van der Waals surface area contributed by atoms with Crippen LogP contribution in [0.25, 0.3) is 6.08 Å². The van der Waals surface area contributed by atoms with Crippen LogP contribution < -0.4 is 14.8 Å². The quantitative estimate of drug-likeness (QED) is 0.119. The topological polar surface area (TPSA) is 132 Å². The van der Waals surface area contributed by atoms with Gasteiger partial charge in [0.1, 0.15) is 11.6 Å². The van der Waals surface area contributed by atoms with E-state index in [-0.39, 0.29) is 28.3 Å². The maximum absolute atomic E-state index is 12.5. The molecule has 9 heteroatoms. The third kappa shape index (κ3) is 6.15. The Bertz CT molecular complexity index is 1100. The zero-order valence-electron chi connectivity index (χ0n) is 18.0. The summed E-state index contributed by atoms with van der Waals surface area (Å²) in [6.07, 6.45) is 3.13. The minimum atomic E-state index is -0.789. The molecular formula is C23H23N3O6. The molecular weight excluding hydrogens is 414 g/mol. The number of carbonyl (C=O) groups is 2. The van der Waals surface area contributed by atoms with Gasteiger partial charge in [-0.1, -0.05) is 25.5 Å². The van der Waals surface area contributed by atoms with Crippen LogP contribution in [0.4, 0.5) is 5.69 Å². The molecule has 0 aliphatic heterocycles. The van der Waals surface area contributed by atoms with Crippen molar-refractivity contribution in [3.8, 4) is 17.6 Å². The van der Waals surface area contributed by atoms with Gasteiger partial charge in [-0.05, 0) is 43.2 Å². The number of amides is 1. The number of carbonyl (C=O) groups excluding carboxylic acids is 2. The zero-order valence-corrected chi connectivity index (χ0v) is 18.0. The van der Waals surface area contributed by atoms with E-state index in [9.17, 15) is 25.0 Å². The van der Waals surface area contributed by atoms with Crippen LogP contribution in [0.15, 0.2) is 42.0 Å². The van der Waals surface area contributed by atoms with Gasteiger partial charge in [0.15, 0.2) is 11.5 Å². The molecule has 0 saturated carbocycles. The summed E-state index contributed by atoms with van der Waals surface area (Å²) in [5.41, 5.74) is 0.680. The first kappa shape index (κ1) is 24.1. The van der Waals surface area contributed by atoms with E-state index in [0.29, 0.717) is 17.7 Å². The normalized spacial score (nSPS) is 10.8.